The highest BCUT2D eigenvalue weighted by atomic mass is 35.5. The molecule has 1 aromatic rings. The van der Waals surface area contributed by atoms with Crippen molar-refractivity contribution in [2.24, 2.45) is 12.9 Å². The molecule has 1 heterocycles. The molecule has 1 rings (SSSR count). The Morgan fingerprint density at radius 1 is 1.59 bits per heavy atom. The Morgan fingerprint density at radius 3 is 2.53 bits per heavy atom. The highest BCUT2D eigenvalue weighted by molar-refractivity contribution is 7.90. The van der Waals surface area contributed by atoms with Gasteiger partial charge >= 0.3 is 0 Å². The zero-order chi connectivity index (χ0) is 13.2. The number of hydrogen-bond donors (Lipinski definition) is 2. The zero-order valence-electron chi connectivity index (χ0n) is 10.1. The number of hydrogen-bond acceptors (Lipinski definition) is 5. The molecule has 0 radical (unpaired) electrons. The van der Waals surface area contributed by atoms with Crippen molar-refractivity contribution < 1.29 is 8.42 Å². The fourth-order valence-corrected chi connectivity index (χ4v) is 2.85. The smallest absolute Gasteiger partial charge is 0.149 e. The van der Waals surface area contributed by atoms with Crippen molar-refractivity contribution in [3.05, 3.63) is 16.4 Å². The monoisotopic (exact) mass is 280 g/mol. The van der Waals surface area contributed by atoms with Gasteiger partial charge in [-0.3, -0.25) is 16.0 Å². The first-order chi connectivity index (χ1) is 7.74. The van der Waals surface area contributed by atoms with E-state index in [2.05, 4.69) is 10.5 Å². The molecule has 1 atom stereocenters. The maximum absolute atomic E-state index is 11.2. The molecule has 1 unspecified atom stereocenters. The van der Waals surface area contributed by atoms with Gasteiger partial charge in [0.15, 0.2) is 0 Å². The van der Waals surface area contributed by atoms with E-state index in [0.717, 1.165) is 11.4 Å². The molecule has 6 nitrogen and oxygen atoms in total. The fourth-order valence-electron chi connectivity index (χ4n) is 1.67. The lowest BCUT2D eigenvalue weighted by Gasteiger charge is -2.15. The third-order valence-electron chi connectivity index (χ3n) is 2.44. The highest BCUT2D eigenvalue weighted by Gasteiger charge is 2.19. The fraction of sp³-hybridized carbons (Fsp3) is 0.667. The van der Waals surface area contributed by atoms with Gasteiger partial charge in [0.25, 0.3) is 0 Å². The number of hydrazine groups is 1. The van der Waals surface area contributed by atoms with Crippen LogP contribution in [0.5, 0.6) is 0 Å². The molecule has 1 aromatic heterocycles. The van der Waals surface area contributed by atoms with Crippen molar-refractivity contribution in [2.75, 3.05) is 12.0 Å². The number of aryl methyl sites for hydroxylation is 2. The lowest BCUT2D eigenvalue weighted by atomic mass is 10.2. The van der Waals surface area contributed by atoms with Gasteiger partial charge in [0.2, 0.25) is 0 Å². The van der Waals surface area contributed by atoms with E-state index in [1.165, 1.54) is 6.26 Å². The maximum Gasteiger partial charge on any atom is 0.149 e. The summed E-state index contributed by atoms with van der Waals surface area (Å²) in [5, 5.41) is 4.72. The number of aromatic nitrogens is 2. The summed E-state index contributed by atoms with van der Waals surface area (Å²) in [6.07, 6.45) is 1.59. The SMILES string of the molecule is Cc1nn(C)c(CC(CS(C)(=O)=O)NN)c1Cl. The van der Waals surface area contributed by atoms with Crippen LogP contribution >= 0.6 is 11.6 Å². The summed E-state index contributed by atoms with van der Waals surface area (Å²) in [5.41, 5.74) is 3.99. The van der Waals surface area contributed by atoms with Crippen LogP contribution in [0.25, 0.3) is 0 Å². The number of nitrogens with one attached hydrogen (secondary N) is 1. The number of sulfone groups is 1. The predicted octanol–water partition coefficient (Wildman–Crippen LogP) is -0.199. The molecule has 0 saturated carbocycles. The maximum atomic E-state index is 11.2. The normalized spacial score (nSPS) is 13.9. The molecule has 0 aliphatic carbocycles. The quantitative estimate of drug-likeness (QED) is 0.576. The van der Waals surface area contributed by atoms with E-state index in [1.807, 2.05) is 0 Å². The van der Waals surface area contributed by atoms with Crippen molar-refractivity contribution in [2.45, 2.75) is 19.4 Å². The Bertz CT molecular complexity index is 497. The minimum absolute atomic E-state index is 0.0376. The van der Waals surface area contributed by atoms with E-state index in [-0.39, 0.29) is 11.8 Å². The lowest BCUT2D eigenvalue weighted by molar-refractivity contribution is 0.530. The minimum Gasteiger partial charge on any atom is -0.271 e. The van der Waals surface area contributed by atoms with Crippen molar-refractivity contribution in [3.8, 4) is 0 Å². The summed E-state index contributed by atoms with van der Waals surface area (Å²) in [6.45, 7) is 1.80. The topological polar surface area (TPSA) is 90.0 Å². The average Bonchev–Trinajstić information content (AvgIpc) is 2.42. The van der Waals surface area contributed by atoms with Gasteiger partial charge in [0.1, 0.15) is 9.84 Å². The Balaban J connectivity index is 2.88. The summed E-state index contributed by atoms with van der Waals surface area (Å²) < 4.78 is 24.1. The van der Waals surface area contributed by atoms with E-state index in [9.17, 15) is 8.42 Å². The van der Waals surface area contributed by atoms with Gasteiger partial charge in [0.05, 0.1) is 22.2 Å². The molecule has 3 N–H and O–H groups in total. The third kappa shape index (κ3) is 3.95. The van der Waals surface area contributed by atoms with Crippen molar-refractivity contribution in [1.82, 2.24) is 15.2 Å². The number of rotatable bonds is 5. The van der Waals surface area contributed by atoms with E-state index in [0.29, 0.717) is 11.4 Å². The zero-order valence-corrected chi connectivity index (χ0v) is 11.6. The van der Waals surface area contributed by atoms with Crippen LogP contribution in [0.1, 0.15) is 11.4 Å². The second kappa shape index (κ2) is 5.34. The molecule has 98 valence electrons. The Morgan fingerprint density at radius 2 is 2.18 bits per heavy atom. The molecule has 8 heteroatoms. The first-order valence-corrected chi connectivity index (χ1v) is 7.50. The van der Waals surface area contributed by atoms with Crippen LogP contribution in [0.4, 0.5) is 0 Å². The molecule has 0 amide bonds. The van der Waals surface area contributed by atoms with E-state index in [1.54, 1.807) is 18.7 Å². The molecule has 0 bridgehead atoms. The molecule has 0 saturated heterocycles. The number of nitrogens with two attached hydrogens (primary N) is 1. The molecular weight excluding hydrogens is 264 g/mol. The third-order valence-corrected chi connectivity index (χ3v) is 3.94. The van der Waals surface area contributed by atoms with E-state index in [4.69, 9.17) is 17.4 Å². The summed E-state index contributed by atoms with van der Waals surface area (Å²) in [7, 11) is -1.32. The van der Waals surface area contributed by atoms with Crippen LogP contribution in [0, 0.1) is 6.92 Å². The van der Waals surface area contributed by atoms with Crippen LogP contribution in [0.3, 0.4) is 0 Å². The van der Waals surface area contributed by atoms with E-state index >= 15 is 0 Å². The Kier molecular flexibility index (Phi) is 4.54. The molecule has 17 heavy (non-hydrogen) atoms. The average molecular weight is 281 g/mol. The van der Waals surface area contributed by atoms with Gasteiger partial charge in [-0.25, -0.2) is 8.42 Å². The molecule has 0 fully saturated rings. The van der Waals surface area contributed by atoms with Gasteiger partial charge in [-0.05, 0) is 6.92 Å². The van der Waals surface area contributed by atoms with Crippen molar-refractivity contribution in [1.29, 1.82) is 0 Å². The minimum atomic E-state index is -3.09. The van der Waals surface area contributed by atoms with Crippen LogP contribution in [0.15, 0.2) is 0 Å². The second-order valence-electron chi connectivity index (χ2n) is 4.13. The molecule has 0 spiro atoms. The van der Waals surface area contributed by atoms with E-state index < -0.39 is 9.84 Å². The number of nitrogens with zero attached hydrogens (tertiary/aromatic N) is 2. The predicted molar refractivity (Wildman–Crippen MR) is 67.5 cm³/mol. The van der Waals surface area contributed by atoms with Crippen molar-refractivity contribution in [3.63, 3.8) is 0 Å². The summed E-state index contributed by atoms with van der Waals surface area (Å²) in [5.74, 6) is 5.31. The van der Waals surface area contributed by atoms with Crippen LogP contribution in [0.2, 0.25) is 5.02 Å². The standard InChI is InChI=1S/C9H17ClN4O2S/c1-6-9(10)8(14(2)13-6)4-7(12-11)5-17(3,15)16/h7,12H,4-5,11H2,1-3H3. The molecule has 0 aromatic carbocycles. The summed E-state index contributed by atoms with van der Waals surface area (Å²) >= 11 is 6.08. The summed E-state index contributed by atoms with van der Waals surface area (Å²) in [6, 6.07) is -0.378. The first kappa shape index (κ1) is 14.4. The van der Waals surface area contributed by atoms with Gasteiger partial charge in [-0.2, -0.15) is 5.10 Å². The van der Waals surface area contributed by atoms with Gasteiger partial charge in [0, 0.05) is 25.8 Å². The Hall–Kier alpha value is -0.630. The number of halogens is 1. The summed E-state index contributed by atoms with van der Waals surface area (Å²) in [4.78, 5) is 0. The molecule has 0 aliphatic heterocycles. The van der Waals surface area contributed by atoms with Crippen LogP contribution in [-0.4, -0.2) is 36.2 Å². The van der Waals surface area contributed by atoms with Gasteiger partial charge < -0.3 is 0 Å². The van der Waals surface area contributed by atoms with Crippen LogP contribution in [-0.2, 0) is 23.3 Å². The first-order valence-electron chi connectivity index (χ1n) is 5.06. The van der Waals surface area contributed by atoms with Gasteiger partial charge in [-0.1, -0.05) is 11.6 Å². The Labute approximate surface area is 106 Å². The molecular formula is C9H17ClN4O2S. The second-order valence-corrected chi connectivity index (χ2v) is 6.69. The largest absolute Gasteiger partial charge is 0.271 e. The lowest BCUT2D eigenvalue weighted by Crippen LogP contribution is -2.42. The van der Waals surface area contributed by atoms with Gasteiger partial charge in [-0.15, -0.1) is 0 Å². The molecule has 0 aliphatic rings. The van der Waals surface area contributed by atoms with Crippen molar-refractivity contribution >= 4 is 21.4 Å². The highest BCUT2D eigenvalue weighted by Crippen LogP contribution is 2.20. The van der Waals surface area contributed by atoms with Crippen LogP contribution < -0.4 is 11.3 Å².